The number of nitrogens with one attached hydrogen (secondary N) is 2. The summed E-state index contributed by atoms with van der Waals surface area (Å²) in [5.74, 6) is -0.404. The molecule has 174 valence electrons. The summed E-state index contributed by atoms with van der Waals surface area (Å²) in [4.78, 5) is 41.2. The van der Waals surface area contributed by atoms with Crippen molar-refractivity contribution in [2.75, 3.05) is 29.8 Å². The fraction of sp³-hybridized carbons (Fsp3) is 0.130. The first-order chi connectivity index (χ1) is 16.5. The van der Waals surface area contributed by atoms with Crippen LogP contribution in [-0.4, -0.2) is 41.9 Å². The van der Waals surface area contributed by atoms with Crippen molar-refractivity contribution < 1.29 is 28.6 Å². The summed E-state index contributed by atoms with van der Waals surface area (Å²) in [5.41, 5.74) is 1.12. The molecule has 0 radical (unpaired) electrons. The molecule has 2 aromatic carbocycles. The molecule has 0 atom stereocenters. The molecule has 9 nitrogen and oxygen atoms in total. The number of pyridine rings is 1. The number of fused-ring (bicyclic) bond motifs is 1. The first kappa shape index (κ1) is 23.4. The fourth-order valence-corrected chi connectivity index (χ4v) is 3.89. The van der Waals surface area contributed by atoms with Gasteiger partial charge in [-0.15, -0.1) is 0 Å². The number of carbonyl (C=O) groups is 3. The highest BCUT2D eigenvalue weighted by Crippen LogP contribution is 2.34. The SMILES string of the molecule is O=C(CSc1ncccc1C(=O)OCC(=O)Nc1ccccc1Cl)Nc1ccc2c(c1)OCO2. The molecule has 11 heteroatoms. The van der Waals surface area contributed by atoms with E-state index in [9.17, 15) is 14.4 Å². The summed E-state index contributed by atoms with van der Waals surface area (Å²) < 4.78 is 15.7. The number of thioether (sulfide) groups is 1. The van der Waals surface area contributed by atoms with E-state index in [0.717, 1.165) is 11.8 Å². The number of nitrogens with zero attached hydrogens (tertiary/aromatic N) is 1. The Morgan fingerprint density at radius 3 is 2.68 bits per heavy atom. The van der Waals surface area contributed by atoms with Crippen molar-refractivity contribution in [1.29, 1.82) is 0 Å². The van der Waals surface area contributed by atoms with Crippen LogP contribution < -0.4 is 20.1 Å². The fourth-order valence-electron chi connectivity index (χ4n) is 2.92. The van der Waals surface area contributed by atoms with Crippen LogP contribution >= 0.6 is 23.4 Å². The number of carbonyl (C=O) groups excluding carboxylic acids is 3. The van der Waals surface area contributed by atoms with Crippen molar-refractivity contribution in [3.8, 4) is 11.5 Å². The molecule has 0 bridgehead atoms. The predicted molar refractivity (Wildman–Crippen MR) is 127 cm³/mol. The molecule has 0 unspecified atom stereocenters. The molecule has 0 saturated carbocycles. The zero-order valence-corrected chi connectivity index (χ0v) is 19.2. The Kier molecular flexibility index (Phi) is 7.51. The van der Waals surface area contributed by atoms with Crippen molar-refractivity contribution in [2.45, 2.75) is 5.03 Å². The molecular weight excluding hydrogens is 482 g/mol. The Labute approximate surface area is 203 Å². The van der Waals surface area contributed by atoms with E-state index >= 15 is 0 Å². The molecule has 4 rings (SSSR count). The molecule has 2 N–H and O–H groups in total. The van der Waals surface area contributed by atoms with Crippen LogP contribution in [0.1, 0.15) is 10.4 Å². The molecule has 2 heterocycles. The maximum absolute atomic E-state index is 12.5. The average molecular weight is 500 g/mol. The second-order valence-electron chi connectivity index (χ2n) is 6.87. The van der Waals surface area contributed by atoms with Gasteiger partial charge in [-0.05, 0) is 36.4 Å². The van der Waals surface area contributed by atoms with Gasteiger partial charge >= 0.3 is 5.97 Å². The number of amides is 2. The van der Waals surface area contributed by atoms with Crippen LogP contribution in [0.4, 0.5) is 11.4 Å². The van der Waals surface area contributed by atoms with Crippen LogP contribution in [0.25, 0.3) is 0 Å². The first-order valence-electron chi connectivity index (χ1n) is 9.98. The zero-order valence-electron chi connectivity index (χ0n) is 17.6. The van der Waals surface area contributed by atoms with Crippen molar-refractivity contribution in [3.63, 3.8) is 0 Å². The van der Waals surface area contributed by atoms with E-state index in [4.69, 9.17) is 25.8 Å². The van der Waals surface area contributed by atoms with E-state index in [-0.39, 0.29) is 24.0 Å². The maximum atomic E-state index is 12.5. The lowest BCUT2D eigenvalue weighted by molar-refractivity contribution is -0.119. The van der Waals surface area contributed by atoms with E-state index in [2.05, 4.69) is 15.6 Å². The largest absolute Gasteiger partial charge is 0.454 e. The van der Waals surface area contributed by atoms with Crippen LogP contribution in [0, 0.1) is 0 Å². The number of anilines is 2. The normalized spacial score (nSPS) is 11.6. The third-order valence-corrected chi connectivity index (χ3v) is 5.80. The topological polar surface area (TPSA) is 116 Å². The molecule has 34 heavy (non-hydrogen) atoms. The third kappa shape index (κ3) is 5.97. The van der Waals surface area contributed by atoms with Crippen LogP contribution in [0.3, 0.4) is 0 Å². The third-order valence-electron chi connectivity index (χ3n) is 4.47. The molecule has 0 saturated heterocycles. The predicted octanol–water partition coefficient (Wildman–Crippen LogP) is 3.99. The summed E-state index contributed by atoms with van der Waals surface area (Å²) in [5, 5.41) is 6.00. The Morgan fingerprint density at radius 1 is 1.00 bits per heavy atom. The van der Waals surface area contributed by atoms with Gasteiger partial charge in [0, 0.05) is 18.0 Å². The molecule has 0 fully saturated rings. The van der Waals surface area contributed by atoms with Gasteiger partial charge in [0.05, 0.1) is 22.0 Å². The Bertz CT molecular complexity index is 1240. The van der Waals surface area contributed by atoms with Gasteiger partial charge in [-0.3, -0.25) is 9.59 Å². The summed E-state index contributed by atoms with van der Waals surface area (Å²) in [6.45, 7) is -0.365. The molecule has 1 aliphatic heterocycles. The van der Waals surface area contributed by atoms with Gasteiger partial charge in [0.25, 0.3) is 5.91 Å². The number of hydrogen-bond acceptors (Lipinski definition) is 8. The smallest absolute Gasteiger partial charge is 0.341 e. The van der Waals surface area contributed by atoms with E-state index in [1.165, 1.54) is 12.3 Å². The lowest BCUT2D eigenvalue weighted by Gasteiger charge is -2.10. The highest BCUT2D eigenvalue weighted by Gasteiger charge is 2.18. The molecule has 1 aromatic heterocycles. The molecule has 0 spiro atoms. The molecule has 2 amide bonds. The van der Waals surface area contributed by atoms with Gasteiger partial charge in [0.15, 0.2) is 18.1 Å². The summed E-state index contributed by atoms with van der Waals surface area (Å²) >= 11 is 7.07. The van der Waals surface area contributed by atoms with Crippen molar-refractivity contribution in [2.24, 2.45) is 0 Å². The van der Waals surface area contributed by atoms with E-state index in [1.807, 2.05) is 0 Å². The van der Waals surface area contributed by atoms with Crippen LogP contribution in [0.5, 0.6) is 11.5 Å². The summed E-state index contributed by atoms with van der Waals surface area (Å²) in [6.07, 6.45) is 1.50. The highest BCUT2D eigenvalue weighted by atomic mass is 35.5. The van der Waals surface area contributed by atoms with Crippen molar-refractivity contribution >= 4 is 52.5 Å². The summed E-state index contributed by atoms with van der Waals surface area (Å²) in [7, 11) is 0. The van der Waals surface area contributed by atoms with Crippen molar-refractivity contribution in [3.05, 3.63) is 71.4 Å². The van der Waals surface area contributed by atoms with Gasteiger partial charge in [0.1, 0.15) is 5.03 Å². The summed E-state index contributed by atoms with van der Waals surface area (Å²) in [6, 6.07) is 14.9. The number of benzene rings is 2. The van der Waals surface area contributed by atoms with Crippen LogP contribution in [0.2, 0.25) is 5.02 Å². The lowest BCUT2D eigenvalue weighted by Crippen LogP contribution is -2.21. The highest BCUT2D eigenvalue weighted by molar-refractivity contribution is 8.00. The Morgan fingerprint density at radius 2 is 1.82 bits per heavy atom. The average Bonchev–Trinajstić information content (AvgIpc) is 3.31. The number of halogens is 1. The minimum Gasteiger partial charge on any atom is -0.454 e. The van der Waals surface area contributed by atoms with E-state index < -0.39 is 18.5 Å². The first-order valence-corrected chi connectivity index (χ1v) is 11.3. The number of hydrogen-bond donors (Lipinski definition) is 2. The zero-order chi connectivity index (χ0) is 23.9. The number of ether oxygens (including phenoxy) is 3. The van der Waals surface area contributed by atoms with Gasteiger partial charge in [-0.25, -0.2) is 9.78 Å². The van der Waals surface area contributed by atoms with Gasteiger partial charge in [-0.2, -0.15) is 0 Å². The molecule has 1 aliphatic rings. The quantitative estimate of drug-likeness (QED) is 0.353. The second kappa shape index (κ2) is 10.9. The van der Waals surface area contributed by atoms with Crippen molar-refractivity contribution in [1.82, 2.24) is 4.98 Å². The van der Waals surface area contributed by atoms with Crippen LogP contribution in [0.15, 0.2) is 65.8 Å². The minimum absolute atomic E-state index is 0.00126. The molecular formula is C23H18ClN3O6S. The minimum atomic E-state index is -0.735. The van der Waals surface area contributed by atoms with Gasteiger partial charge in [0.2, 0.25) is 12.7 Å². The number of para-hydroxylation sites is 1. The lowest BCUT2D eigenvalue weighted by atomic mass is 10.3. The standard InChI is InChI=1S/C23H18ClN3O6S/c24-16-5-1-2-6-17(16)27-20(28)11-31-23(30)15-4-3-9-25-22(15)34-12-21(29)26-14-7-8-18-19(10-14)33-13-32-18/h1-10H,11-13H2,(H,26,29)(H,27,28). The van der Waals surface area contributed by atoms with Crippen LogP contribution in [-0.2, 0) is 14.3 Å². The number of rotatable bonds is 8. The number of aromatic nitrogens is 1. The van der Waals surface area contributed by atoms with E-state index in [0.29, 0.717) is 32.9 Å². The Balaban J connectivity index is 1.30. The van der Waals surface area contributed by atoms with Gasteiger partial charge < -0.3 is 24.8 Å². The van der Waals surface area contributed by atoms with Gasteiger partial charge in [-0.1, -0.05) is 35.5 Å². The number of esters is 1. The van der Waals surface area contributed by atoms with E-state index in [1.54, 1.807) is 48.5 Å². The monoisotopic (exact) mass is 499 g/mol. The Hall–Kier alpha value is -3.76. The maximum Gasteiger partial charge on any atom is 0.341 e. The second-order valence-corrected chi connectivity index (χ2v) is 8.24. The molecule has 0 aliphatic carbocycles. The molecule has 3 aromatic rings.